The van der Waals surface area contributed by atoms with E-state index >= 15 is 0 Å². The number of carbonyl (C=O) groups is 1. The van der Waals surface area contributed by atoms with Gasteiger partial charge in [0.15, 0.2) is 0 Å². The number of pyridine rings is 1. The summed E-state index contributed by atoms with van der Waals surface area (Å²) in [6, 6.07) is 13.5. The molecule has 1 amide bonds. The highest BCUT2D eigenvalue weighted by Crippen LogP contribution is 2.49. The molecule has 0 bridgehead atoms. The Morgan fingerprint density at radius 2 is 1.62 bits per heavy atom. The van der Waals surface area contributed by atoms with Gasteiger partial charge in [0.25, 0.3) is 0 Å². The van der Waals surface area contributed by atoms with Gasteiger partial charge in [-0.05, 0) is 42.0 Å². The molecule has 0 atom stereocenters. The number of amides is 1. The molecule has 0 aliphatic carbocycles. The maximum absolute atomic E-state index is 14.2. The molecule has 5 nitrogen and oxygen atoms in total. The van der Waals surface area contributed by atoms with Crippen molar-refractivity contribution in [3.63, 3.8) is 0 Å². The van der Waals surface area contributed by atoms with Gasteiger partial charge in [0.2, 0.25) is 5.91 Å². The average molecular weight is 583 g/mol. The summed E-state index contributed by atoms with van der Waals surface area (Å²) in [5, 5.41) is 0. The van der Waals surface area contributed by atoms with Gasteiger partial charge >= 0.3 is 12.4 Å². The van der Waals surface area contributed by atoms with Crippen LogP contribution in [0.25, 0.3) is 6.08 Å². The SMILES string of the molecule is O=C(C=Cc1ccc(Sc2ccccc2OCCc2ccccn2)c(C(F)(F)F)c1C(F)(F)F)N1CCOCC1. The lowest BCUT2D eigenvalue weighted by atomic mass is 9.99. The molecule has 3 aromatic rings. The van der Waals surface area contributed by atoms with Crippen molar-refractivity contribution in [2.45, 2.75) is 28.6 Å². The Morgan fingerprint density at radius 1 is 0.925 bits per heavy atom. The molecule has 1 saturated heterocycles. The molecule has 1 fully saturated rings. The third-order valence-electron chi connectivity index (χ3n) is 5.91. The van der Waals surface area contributed by atoms with Crippen LogP contribution in [-0.2, 0) is 28.3 Å². The fraction of sp³-hybridized carbons (Fsp3) is 0.286. The van der Waals surface area contributed by atoms with Crippen molar-refractivity contribution in [2.75, 3.05) is 32.9 Å². The first-order valence-electron chi connectivity index (χ1n) is 12.2. The van der Waals surface area contributed by atoms with Crippen LogP contribution in [0.3, 0.4) is 0 Å². The molecule has 212 valence electrons. The number of hydrogen-bond donors (Lipinski definition) is 0. The fourth-order valence-corrected chi connectivity index (χ4v) is 5.11. The van der Waals surface area contributed by atoms with E-state index in [1.54, 1.807) is 36.5 Å². The molecule has 1 aliphatic rings. The number of aromatic nitrogens is 1. The molecule has 0 unspecified atom stereocenters. The van der Waals surface area contributed by atoms with E-state index in [0.29, 0.717) is 18.2 Å². The average Bonchev–Trinajstić information content (AvgIpc) is 2.92. The Morgan fingerprint density at radius 3 is 2.30 bits per heavy atom. The van der Waals surface area contributed by atoms with Crippen molar-refractivity contribution in [1.82, 2.24) is 9.88 Å². The first-order valence-corrected chi connectivity index (χ1v) is 13.0. The summed E-state index contributed by atoms with van der Waals surface area (Å²) in [6.07, 6.45) is -7.00. The maximum atomic E-state index is 14.2. The molecular formula is C28H24F6N2O3S. The van der Waals surface area contributed by atoms with E-state index in [9.17, 15) is 31.1 Å². The van der Waals surface area contributed by atoms with E-state index in [1.807, 2.05) is 0 Å². The van der Waals surface area contributed by atoms with Crippen LogP contribution in [0.1, 0.15) is 22.4 Å². The van der Waals surface area contributed by atoms with Crippen LogP contribution in [0.4, 0.5) is 26.3 Å². The van der Waals surface area contributed by atoms with Crippen molar-refractivity contribution in [2.24, 2.45) is 0 Å². The predicted octanol–water partition coefficient (Wildman–Crippen LogP) is 6.76. The quantitative estimate of drug-likeness (QED) is 0.217. The predicted molar refractivity (Wildman–Crippen MR) is 137 cm³/mol. The molecule has 4 rings (SSSR count). The highest BCUT2D eigenvalue weighted by atomic mass is 32.2. The third kappa shape index (κ3) is 7.57. The van der Waals surface area contributed by atoms with E-state index in [-0.39, 0.29) is 43.6 Å². The van der Waals surface area contributed by atoms with Gasteiger partial charge < -0.3 is 14.4 Å². The Kier molecular flexibility index (Phi) is 9.41. The highest BCUT2D eigenvalue weighted by molar-refractivity contribution is 7.99. The molecule has 0 spiro atoms. The lowest BCUT2D eigenvalue weighted by Crippen LogP contribution is -2.39. The number of halogens is 6. The molecule has 0 radical (unpaired) electrons. The van der Waals surface area contributed by atoms with Gasteiger partial charge in [-0.25, -0.2) is 0 Å². The molecular weight excluding hydrogens is 558 g/mol. The van der Waals surface area contributed by atoms with Crippen LogP contribution in [0.2, 0.25) is 0 Å². The molecule has 1 aromatic heterocycles. The lowest BCUT2D eigenvalue weighted by molar-refractivity contribution is -0.163. The number of hydrogen-bond acceptors (Lipinski definition) is 5. The first kappa shape index (κ1) is 29.5. The lowest BCUT2D eigenvalue weighted by Gasteiger charge is -2.25. The van der Waals surface area contributed by atoms with E-state index in [1.165, 1.54) is 17.0 Å². The Balaban J connectivity index is 1.65. The first-order chi connectivity index (χ1) is 19.0. The van der Waals surface area contributed by atoms with Gasteiger partial charge in [-0.2, -0.15) is 26.3 Å². The second-order valence-corrected chi connectivity index (χ2v) is 9.72. The number of alkyl halides is 6. The van der Waals surface area contributed by atoms with Crippen molar-refractivity contribution in [3.8, 4) is 5.75 Å². The van der Waals surface area contributed by atoms with Gasteiger partial charge in [-0.1, -0.05) is 36.0 Å². The van der Waals surface area contributed by atoms with E-state index in [4.69, 9.17) is 9.47 Å². The topological polar surface area (TPSA) is 51.7 Å². The van der Waals surface area contributed by atoms with Crippen molar-refractivity contribution >= 4 is 23.7 Å². The summed E-state index contributed by atoms with van der Waals surface area (Å²) in [7, 11) is 0. The monoisotopic (exact) mass is 582 g/mol. The van der Waals surface area contributed by atoms with E-state index < -0.39 is 39.8 Å². The van der Waals surface area contributed by atoms with E-state index in [0.717, 1.165) is 30.0 Å². The largest absolute Gasteiger partial charge is 0.492 e. The summed E-state index contributed by atoms with van der Waals surface area (Å²) in [4.78, 5) is 17.5. The summed E-state index contributed by atoms with van der Waals surface area (Å²) in [5.74, 6) is -0.384. The minimum Gasteiger partial charge on any atom is -0.492 e. The molecule has 40 heavy (non-hydrogen) atoms. The van der Waals surface area contributed by atoms with Crippen molar-refractivity contribution in [1.29, 1.82) is 0 Å². The Hall–Kier alpha value is -3.51. The van der Waals surface area contributed by atoms with Gasteiger partial charge in [0.1, 0.15) is 5.75 Å². The number of para-hydroxylation sites is 1. The molecule has 12 heteroatoms. The summed E-state index contributed by atoms with van der Waals surface area (Å²) < 4.78 is 96.1. The minimum absolute atomic E-state index is 0.162. The number of rotatable bonds is 8. The van der Waals surface area contributed by atoms with Gasteiger partial charge in [-0.3, -0.25) is 9.78 Å². The third-order valence-corrected chi connectivity index (χ3v) is 7.02. The summed E-state index contributed by atoms with van der Waals surface area (Å²) in [6.45, 7) is 1.18. The zero-order valence-electron chi connectivity index (χ0n) is 21.0. The summed E-state index contributed by atoms with van der Waals surface area (Å²) in [5.41, 5.74) is -3.69. The number of nitrogens with zero attached hydrogens (tertiary/aromatic N) is 2. The maximum Gasteiger partial charge on any atom is 0.418 e. The Labute approximate surface area is 230 Å². The van der Waals surface area contributed by atoms with Crippen LogP contribution in [0, 0.1) is 0 Å². The van der Waals surface area contributed by atoms with Gasteiger partial charge in [0, 0.05) is 42.4 Å². The molecule has 2 heterocycles. The van der Waals surface area contributed by atoms with Crippen LogP contribution in [0.15, 0.2) is 76.7 Å². The second-order valence-electron chi connectivity index (χ2n) is 8.64. The standard InChI is InChI=1S/C28H24F6N2O3S/c29-27(30,31)25-19(9-11-24(37)36-14-17-38-18-15-36)8-10-23(26(25)28(32,33)34)40-22-7-2-1-6-21(22)39-16-12-20-5-3-4-13-35-20/h1-11,13H,12,14-18H2. The molecule has 0 N–H and O–H groups in total. The summed E-state index contributed by atoms with van der Waals surface area (Å²) >= 11 is 0.526. The van der Waals surface area contributed by atoms with E-state index in [2.05, 4.69) is 4.98 Å². The van der Waals surface area contributed by atoms with Crippen molar-refractivity contribution in [3.05, 3.63) is 89.3 Å². The minimum atomic E-state index is -5.35. The molecule has 0 saturated carbocycles. The van der Waals surface area contributed by atoms with Crippen LogP contribution < -0.4 is 4.74 Å². The van der Waals surface area contributed by atoms with Crippen LogP contribution in [0.5, 0.6) is 5.75 Å². The Bertz CT molecular complexity index is 1340. The second kappa shape index (κ2) is 12.8. The van der Waals surface area contributed by atoms with Gasteiger partial charge in [0.05, 0.1) is 35.8 Å². The number of carbonyl (C=O) groups excluding carboxylic acids is 1. The number of morpholine rings is 1. The van der Waals surface area contributed by atoms with Crippen LogP contribution >= 0.6 is 11.8 Å². The fourth-order valence-electron chi connectivity index (χ4n) is 4.04. The zero-order chi connectivity index (χ0) is 28.8. The smallest absolute Gasteiger partial charge is 0.418 e. The zero-order valence-corrected chi connectivity index (χ0v) is 21.8. The van der Waals surface area contributed by atoms with Crippen LogP contribution in [-0.4, -0.2) is 48.7 Å². The van der Waals surface area contributed by atoms with Gasteiger partial charge in [-0.15, -0.1) is 0 Å². The highest BCUT2D eigenvalue weighted by Gasteiger charge is 2.46. The normalized spacial score (nSPS) is 14.5. The number of ether oxygens (including phenoxy) is 2. The number of benzene rings is 2. The van der Waals surface area contributed by atoms with Crippen molar-refractivity contribution < 1.29 is 40.6 Å². The molecule has 1 aliphatic heterocycles. The molecule has 2 aromatic carbocycles.